The first-order valence-corrected chi connectivity index (χ1v) is 8.18. The Balaban J connectivity index is 1.82. The minimum atomic E-state index is -0.421. The molecule has 1 aliphatic heterocycles. The molecule has 0 saturated carbocycles. The van der Waals surface area contributed by atoms with Gasteiger partial charge in [-0.05, 0) is 42.9 Å². The Bertz CT molecular complexity index is 433. The number of likely N-dealkylation sites (tertiary alicyclic amines) is 1. The molecule has 3 nitrogen and oxygen atoms in total. The van der Waals surface area contributed by atoms with Gasteiger partial charge >= 0.3 is 0 Å². The molecule has 1 aliphatic rings. The second-order valence-electron chi connectivity index (χ2n) is 6.66. The second-order valence-corrected chi connectivity index (χ2v) is 6.66. The van der Waals surface area contributed by atoms with Crippen molar-refractivity contribution in [2.75, 3.05) is 26.2 Å². The smallest absolute Gasteiger partial charge is 0.122 e. The van der Waals surface area contributed by atoms with E-state index in [1.54, 1.807) is 0 Å². The zero-order valence-corrected chi connectivity index (χ0v) is 13.6. The van der Waals surface area contributed by atoms with E-state index in [1.165, 1.54) is 18.4 Å². The van der Waals surface area contributed by atoms with E-state index in [0.717, 1.165) is 24.8 Å². The SMILES string of the molecule is CC(C)c1ccccc1OC[C@@H](O)CN1CCC[C@@H](C)C1. The Morgan fingerprint density at radius 2 is 2.10 bits per heavy atom. The van der Waals surface area contributed by atoms with Crippen LogP contribution in [0.15, 0.2) is 24.3 Å². The fraction of sp³-hybridized carbons (Fsp3) is 0.667. The maximum Gasteiger partial charge on any atom is 0.122 e. The van der Waals surface area contributed by atoms with E-state index in [9.17, 15) is 5.11 Å². The molecule has 2 atom stereocenters. The van der Waals surface area contributed by atoms with Crippen LogP contribution >= 0.6 is 0 Å². The average molecular weight is 291 g/mol. The second kappa shape index (κ2) is 7.81. The Morgan fingerprint density at radius 1 is 1.33 bits per heavy atom. The highest BCUT2D eigenvalue weighted by Gasteiger charge is 2.19. The van der Waals surface area contributed by atoms with Crippen LogP contribution in [-0.2, 0) is 0 Å². The molecule has 1 heterocycles. The first kappa shape index (κ1) is 16.3. The number of aliphatic hydroxyl groups excluding tert-OH is 1. The molecule has 118 valence electrons. The molecule has 0 aromatic heterocycles. The van der Waals surface area contributed by atoms with Crippen LogP contribution in [0.4, 0.5) is 0 Å². The third kappa shape index (κ3) is 5.01. The predicted molar refractivity (Wildman–Crippen MR) is 86.9 cm³/mol. The van der Waals surface area contributed by atoms with Gasteiger partial charge in [-0.15, -0.1) is 0 Å². The summed E-state index contributed by atoms with van der Waals surface area (Å²) >= 11 is 0. The summed E-state index contributed by atoms with van der Waals surface area (Å²) in [7, 11) is 0. The predicted octanol–water partition coefficient (Wildman–Crippen LogP) is 3.28. The lowest BCUT2D eigenvalue weighted by molar-refractivity contribution is 0.0534. The third-order valence-electron chi connectivity index (χ3n) is 4.18. The van der Waals surface area contributed by atoms with Crippen molar-refractivity contribution < 1.29 is 9.84 Å². The molecular formula is C18H29NO2. The molecule has 0 spiro atoms. The van der Waals surface area contributed by atoms with Crippen LogP contribution in [0.25, 0.3) is 0 Å². The van der Waals surface area contributed by atoms with E-state index < -0.39 is 6.10 Å². The lowest BCUT2D eigenvalue weighted by Gasteiger charge is -2.32. The van der Waals surface area contributed by atoms with Gasteiger partial charge in [0.15, 0.2) is 0 Å². The molecule has 0 aliphatic carbocycles. The van der Waals surface area contributed by atoms with Gasteiger partial charge in [0.1, 0.15) is 18.5 Å². The lowest BCUT2D eigenvalue weighted by atomic mass is 10.00. The number of rotatable bonds is 6. The summed E-state index contributed by atoms with van der Waals surface area (Å²) in [5.41, 5.74) is 1.20. The standard InChI is InChI=1S/C18H29NO2/c1-14(2)17-8-4-5-9-18(17)21-13-16(20)12-19-10-6-7-15(3)11-19/h4-5,8-9,14-16,20H,6-7,10-13H2,1-3H3/t15-,16+/m1/s1. The summed E-state index contributed by atoms with van der Waals surface area (Å²) < 4.78 is 5.85. The molecule has 1 fully saturated rings. The summed E-state index contributed by atoms with van der Waals surface area (Å²) in [6.45, 7) is 9.89. The van der Waals surface area contributed by atoms with E-state index in [-0.39, 0.29) is 0 Å². The van der Waals surface area contributed by atoms with Gasteiger partial charge in [-0.2, -0.15) is 0 Å². The van der Waals surface area contributed by atoms with Gasteiger partial charge in [-0.3, -0.25) is 0 Å². The first-order chi connectivity index (χ1) is 10.1. The van der Waals surface area contributed by atoms with Crippen LogP contribution in [0, 0.1) is 5.92 Å². The summed E-state index contributed by atoms with van der Waals surface area (Å²) in [4.78, 5) is 2.36. The summed E-state index contributed by atoms with van der Waals surface area (Å²) in [6, 6.07) is 8.11. The Kier molecular flexibility index (Phi) is 6.07. The molecule has 1 aromatic rings. The van der Waals surface area contributed by atoms with Crippen molar-refractivity contribution in [3.05, 3.63) is 29.8 Å². The molecule has 1 aromatic carbocycles. The minimum Gasteiger partial charge on any atom is -0.491 e. The number of piperidine rings is 1. The molecule has 1 N–H and O–H groups in total. The van der Waals surface area contributed by atoms with Crippen molar-refractivity contribution >= 4 is 0 Å². The van der Waals surface area contributed by atoms with Gasteiger partial charge in [-0.1, -0.05) is 39.0 Å². The van der Waals surface area contributed by atoms with Crippen molar-refractivity contribution in [2.24, 2.45) is 5.92 Å². The molecule has 0 amide bonds. The molecule has 0 bridgehead atoms. The fourth-order valence-electron chi connectivity index (χ4n) is 3.08. The van der Waals surface area contributed by atoms with E-state index >= 15 is 0 Å². The lowest BCUT2D eigenvalue weighted by Crippen LogP contribution is -2.41. The maximum absolute atomic E-state index is 10.2. The molecule has 21 heavy (non-hydrogen) atoms. The van der Waals surface area contributed by atoms with E-state index in [1.807, 2.05) is 18.2 Å². The zero-order valence-electron chi connectivity index (χ0n) is 13.6. The van der Waals surface area contributed by atoms with E-state index in [2.05, 4.69) is 31.7 Å². The average Bonchev–Trinajstić information content (AvgIpc) is 2.45. The summed E-state index contributed by atoms with van der Waals surface area (Å²) in [5, 5.41) is 10.2. The Morgan fingerprint density at radius 3 is 2.81 bits per heavy atom. The number of β-amino-alcohol motifs (C(OH)–C–C–N with tert-alkyl or cyclic N) is 1. The monoisotopic (exact) mass is 291 g/mol. The van der Waals surface area contributed by atoms with Crippen molar-refractivity contribution in [3.8, 4) is 5.75 Å². The van der Waals surface area contributed by atoms with Crippen LogP contribution in [0.2, 0.25) is 0 Å². The molecular weight excluding hydrogens is 262 g/mol. The van der Waals surface area contributed by atoms with Gasteiger partial charge in [-0.25, -0.2) is 0 Å². The van der Waals surface area contributed by atoms with Crippen LogP contribution in [0.5, 0.6) is 5.75 Å². The zero-order chi connectivity index (χ0) is 15.2. The summed E-state index contributed by atoms with van der Waals surface area (Å²) in [6.07, 6.45) is 2.13. The highest BCUT2D eigenvalue weighted by molar-refractivity contribution is 5.35. The quantitative estimate of drug-likeness (QED) is 0.873. The van der Waals surface area contributed by atoms with Gasteiger partial charge in [0.05, 0.1) is 0 Å². The van der Waals surface area contributed by atoms with Crippen molar-refractivity contribution in [1.29, 1.82) is 0 Å². The highest BCUT2D eigenvalue weighted by Crippen LogP contribution is 2.26. The van der Waals surface area contributed by atoms with Crippen LogP contribution < -0.4 is 4.74 Å². The van der Waals surface area contributed by atoms with Gasteiger partial charge < -0.3 is 14.7 Å². The van der Waals surface area contributed by atoms with Crippen LogP contribution in [0.1, 0.15) is 45.1 Å². The highest BCUT2D eigenvalue weighted by atomic mass is 16.5. The Hall–Kier alpha value is -1.06. The molecule has 3 heteroatoms. The number of benzene rings is 1. The molecule has 0 unspecified atom stereocenters. The fourth-order valence-corrected chi connectivity index (χ4v) is 3.08. The number of aliphatic hydroxyl groups is 1. The molecule has 1 saturated heterocycles. The van der Waals surface area contributed by atoms with Crippen LogP contribution in [-0.4, -0.2) is 42.4 Å². The van der Waals surface area contributed by atoms with E-state index in [4.69, 9.17) is 4.74 Å². The Labute approximate surface area is 128 Å². The number of ether oxygens (including phenoxy) is 1. The van der Waals surface area contributed by atoms with Gasteiger partial charge in [0.25, 0.3) is 0 Å². The number of hydrogen-bond donors (Lipinski definition) is 1. The van der Waals surface area contributed by atoms with Gasteiger partial charge in [0, 0.05) is 13.1 Å². The molecule has 2 rings (SSSR count). The van der Waals surface area contributed by atoms with Crippen molar-refractivity contribution in [3.63, 3.8) is 0 Å². The van der Waals surface area contributed by atoms with Gasteiger partial charge in [0.2, 0.25) is 0 Å². The topological polar surface area (TPSA) is 32.7 Å². The largest absolute Gasteiger partial charge is 0.491 e. The summed E-state index contributed by atoms with van der Waals surface area (Å²) in [5.74, 6) is 2.08. The minimum absolute atomic E-state index is 0.370. The maximum atomic E-state index is 10.2. The number of hydrogen-bond acceptors (Lipinski definition) is 3. The number of para-hydroxylation sites is 1. The molecule has 0 radical (unpaired) electrons. The third-order valence-corrected chi connectivity index (χ3v) is 4.18. The normalized spacial score (nSPS) is 21.5. The number of nitrogens with zero attached hydrogens (tertiary/aromatic N) is 1. The van der Waals surface area contributed by atoms with Crippen molar-refractivity contribution in [1.82, 2.24) is 4.90 Å². The first-order valence-electron chi connectivity index (χ1n) is 8.18. The van der Waals surface area contributed by atoms with E-state index in [0.29, 0.717) is 19.1 Å². The van der Waals surface area contributed by atoms with Crippen LogP contribution in [0.3, 0.4) is 0 Å². The van der Waals surface area contributed by atoms with Crippen molar-refractivity contribution in [2.45, 2.75) is 45.6 Å².